The number of hydrogen-bond donors (Lipinski definition) is 5. The van der Waals surface area contributed by atoms with Crippen LogP contribution < -0.4 is 0 Å². The third-order valence-electron chi connectivity index (χ3n) is 12.7. The minimum atomic E-state index is -1.31. The van der Waals surface area contributed by atoms with E-state index in [1.165, 1.54) is 11.1 Å². The van der Waals surface area contributed by atoms with E-state index in [1.807, 2.05) is 0 Å². The second-order valence-electron chi connectivity index (χ2n) is 15.3. The zero-order valence-corrected chi connectivity index (χ0v) is 26.1. The standard InChI is InChI=1S/C34H56O7/c1-17(2)18(3)8-9-19(4)28-26(36)16-24-27-23(11-13-34(24,28)7)33(6)12-10-22(14-21(33)15-25(27)35)41-32-31(39)30(38)29(37)20(5)40-32/h15,17,19-20,22-32,35-39H,3,8-14,16H2,1-2,4-7H3. The molecule has 7 nitrogen and oxygen atoms in total. The monoisotopic (exact) mass is 576 g/mol. The number of hydrogen-bond acceptors (Lipinski definition) is 7. The molecule has 4 aliphatic carbocycles. The summed E-state index contributed by atoms with van der Waals surface area (Å²) < 4.78 is 11.9. The van der Waals surface area contributed by atoms with E-state index in [4.69, 9.17) is 9.47 Å². The van der Waals surface area contributed by atoms with Crippen molar-refractivity contribution < 1.29 is 35.0 Å². The zero-order valence-electron chi connectivity index (χ0n) is 26.1. The van der Waals surface area contributed by atoms with Gasteiger partial charge in [-0.05, 0) is 105 Å². The summed E-state index contributed by atoms with van der Waals surface area (Å²) in [7, 11) is 0. The highest BCUT2D eigenvalue weighted by Crippen LogP contribution is 2.67. The van der Waals surface area contributed by atoms with Crippen molar-refractivity contribution in [1.82, 2.24) is 0 Å². The first-order valence-electron chi connectivity index (χ1n) is 16.3. The summed E-state index contributed by atoms with van der Waals surface area (Å²) in [5, 5.41) is 53.9. The first-order valence-corrected chi connectivity index (χ1v) is 16.3. The molecule has 5 N–H and O–H groups in total. The Morgan fingerprint density at radius 2 is 1.73 bits per heavy atom. The fourth-order valence-electron chi connectivity index (χ4n) is 10.0. The van der Waals surface area contributed by atoms with Crippen molar-refractivity contribution in [3.63, 3.8) is 0 Å². The molecule has 5 rings (SSSR count). The molecule has 15 atom stereocenters. The Morgan fingerprint density at radius 1 is 1.02 bits per heavy atom. The van der Waals surface area contributed by atoms with Crippen molar-refractivity contribution in [2.24, 2.45) is 46.3 Å². The SMILES string of the molecule is C=C(CCC(C)C1C(O)CC2C3C(O)C=C4CC(OC5OC(C)C(O)C(O)C5O)CCC4(C)C3CCC21C)C(C)C. The normalized spacial score (nSPS) is 50.5. The molecule has 4 fully saturated rings. The maximum atomic E-state index is 11.7. The molecule has 3 saturated carbocycles. The van der Waals surface area contributed by atoms with E-state index in [9.17, 15) is 25.5 Å². The zero-order chi connectivity index (χ0) is 30.0. The van der Waals surface area contributed by atoms with Crippen molar-refractivity contribution in [3.05, 3.63) is 23.8 Å². The van der Waals surface area contributed by atoms with Gasteiger partial charge in [-0.15, -0.1) is 0 Å². The molecule has 0 aromatic carbocycles. The van der Waals surface area contributed by atoms with Gasteiger partial charge in [-0.1, -0.05) is 58.4 Å². The van der Waals surface area contributed by atoms with Gasteiger partial charge in [0.15, 0.2) is 6.29 Å². The maximum Gasteiger partial charge on any atom is 0.186 e. The number of ether oxygens (including phenoxy) is 2. The van der Waals surface area contributed by atoms with Gasteiger partial charge in [0.1, 0.15) is 18.3 Å². The molecule has 41 heavy (non-hydrogen) atoms. The lowest BCUT2D eigenvalue weighted by Crippen LogP contribution is -2.58. The fourth-order valence-corrected chi connectivity index (χ4v) is 10.0. The van der Waals surface area contributed by atoms with Gasteiger partial charge in [0.2, 0.25) is 0 Å². The second-order valence-corrected chi connectivity index (χ2v) is 15.3. The predicted molar refractivity (Wildman–Crippen MR) is 158 cm³/mol. The quantitative estimate of drug-likeness (QED) is 0.286. The van der Waals surface area contributed by atoms with E-state index in [1.54, 1.807) is 6.92 Å². The third-order valence-corrected chi connectivity index (χ3v) is 12.7. The molecular formula is C34H56O7. The number of allylic oxidation sites excluding steroid dienone is 1. The molecule has 0 aromatic rings. The number of aliphatic hydroxyl groups is 5. The Labute approximate surface area is 247 Å². The van der Waals surface area contributed by atoms with Crippen molar-refractivity contribution in [3.8, 4) is 0 Å². The molecule has 0 aromatic heterocycles. The van der Waals surface area contributed by atoms with Crippen molar-refractivity contribution in [2.45, 2.75) is 142 Å². The average molecular weight is 577 g/mol. The lowest BCUT2D eigenvalue weighted by molar-refractivity contribution is -0.306. The van der Waals surface area contributed by atoms with Crippen LogP contribution in [0.3, 0.4) is 0 Å². The third kappa shape index (κ3) is 5.40. The minimum absolute atomic E-state index is 0.0126. The van der Waals surface area contributed by atoms with Gasteiger partial charge in [0, 0.05) is 0 Å². The van der Waals surface area contributed by atoms with E-state index < -0.39 is 36.8 Å². The smallest absolute Gasteiger partial charge is 0.186 e. The summed E-state index contributed by atoms with van der Waals surface area (Å²) >= 11 is 0. The Balaban J connectivity index is 1.30. The summed E-state index contributed by atoms with van der Waals surface area (Å²) in [6.45, 7) is 17.4. The van der Waals surface area contributed by atoms with Crippen LogP contribution in [-0.2, 0) is 9.47 Å². The van der Waals surface area contributed by atoms with E-state index in [0.717, 1.165) is 44.9 Å². The van der Waals surface area contributed by atoms with Gasteiger partial charge in [-0.2, -0.15) is 0 Å². The van der Waals surface area contributed by atoms with Crippen LogP contribution in [0.15, 0.2) is 23.8 Å². The highest BCUT2D eigenvalue weighted by atomic mass is 16.7. The molecule has 5 aliphatic rings. The van der Waals surface area contributed by atoms with Gasteiger partial charge in [0.25, 0.3) is 0 Å². The summed E-state index contributed by atoms with van der Waals surface area (Å²) in [4.78, 5) is 0. The molecule has 0 amide bonds. The Kier molecular flexibility index (Phi) is 8.95. The van der Waals surface area contributed by atoms with Crippen LogP contribution in [0.5, 0.6) is 0 Å². The molecule has 0 spiro atoms. The van der Waals surface area contributed by atoms with E-state index in [2.05, 4.69) is 47.3 Å². The van der Waals surface area contributed by atoms with Crippen LogP contribution in [0.4, 0.5) is 0 Å². The van der Waals surface area contributed by atoms with Gasteiger partial charge in [-0.25, -0.2) is 0 Å². The topological polar surface area (TPSA) is 120 Å². The molecule has 1 saturated heterocycles. The number of aliphatic hydroxyl groups excluding tert-OH is 5. The van der Waals surface area contributed by atoms with Gasteiger partial charge >= 0.3 is 0 Å². The van der Waals surface area contributed by atoms with Crippen LogP contribution >= 0.6 is 0 Å². The molecular weight excluding hydrogens is 520 g/mol. The Hall–Kier alpha value is -0.800. The molecule has 15 unspecified atom stereocenters. The summed E-state index contributed by atoms with van der Waals surface area (Å²) in [6, 6.07) is 0. The van der Waals surface area contributed by atoms with Crippen molar-refractivity contribution >= 4 is 0 Å². The lowest BCUT2D eigenvalue weighted by Gasteiger charge is -2.59. The molecule has 7 heteroatoms. The summed E-state index contributed by atoms with van der Waals surface area (Å²) in [6.07, 6.45) is 2.92. The van der Waals surface area contributed by atoms with Crippen LogP contribution in [0.2, 0.25) is 0 Å². The molecule has 0 radical (unpaired) electrons. The lowest BCUT2D eigenvalue weighted by atomic mass is 9.46. The fraction of sp³-hybridized carbons (Fsp3) is 0.882. The molecule has 0 bridgehead atoms. The first kappa shape index (κ1) is 31.6. The number of fused-ring (bicyclic) bond motifs is 5. The average Bonchev–Trinajstić information content (AvgIpc) is 3.19. The van der Waals surface area contributed by atoms with Gasteiger partial charge in [-0.3, -0.25) is 0 Å². The van der Waals surface area contributed by atoms with Crippen molar-refractivity contribution in [1.29, 1.82) is 0 Å². The van der Waals surface area contributed by atoms with Crippen LogP contribution in [0.25, 0.3) is 0 Å². The molecule has 1 heterocycles. The van der Waals surface area contributed by atoms with Gasteiger partial charge in [0.05, 0.1) is 24.4 Å². The largest absolute Gasteiger partial charge is 0.393 e. The predicted octanol–water partition coefficient (Wildman–Crippen LogP) is 4.35. The Morgan fingerprint density at radius 3 is 2.41 bits per heavy atom. The molecule has 1 aliphatic heterocycles. The van der Waals surface area contributed by atoms with E-state index >= 15 is 0 Å². The highest BCUT2D eigenvalue weighted by molar-refractivity contribution is 5.28. The first-order chi connectivity index (χ1) is 19.2. The van der Waals surface area contributed by atoms with Crippen molar-refractivity contribution in [2.75, 3.05) is 0 Å². The summed E-state index contributed by atoms with van der Waals surface area (Å²) in [5.41, 5.74) is 2.49. The number of rotatable bonds is 7. The van der Waals surface area contributed by atoms with E-state index in [0.29, 0.717) is 24.2 Å². The highest BCUT2D eigenvalue weighted by Gasteiger charge is 2.63. The van der Waals surface area contributed by atoms with Crippen LogP contribution in [0, 0.1) is 46.3 Å². The van der Waals surface area contributed by atoms with E-state index in [-0.39, 0.29) is 40.8 Å². The maximum absolute atomic E-state index is 11.7. The Bertz CT molecular complexity index is 996. The second kappa shape index (κ2) is 11.6. The van der Waals surface area contributed by atoms with Gasteiger partial charge < -0.3 is 35.0 Å². The minimum Gasteiger partial charge on any atom is -0.393 e. The molecule has 234 valence electrons. The van der Waals surface area contributed by atoms with Crippen LogP contribution in [-0.4, -0.2) is 74.6 Å². The van der Waals surface area contributed by atoms with Crippen LogP contribution in [0.1, 0.15) is 92.9 Å². The summed E-state index contributed by atoms with van der Waals surface area (Å²) in [5.74, 6) is 1.90.